The van der Waals surface area contributed by atoms with Gasteiger partial charge in [-0.25, -0.2) is 4.98 Å². The summed E-state index contributed by atoms with van der Waals surface area (Å²) in [6.07, 6.45) is 4.10. The summed E-state index contributed by atoms with van der Waals surface area (Å²) < 4.78 is 11.5. The Morgan fingerprint density at radius 1 is 1.15 bits per heavy atom. The molecule has 1 aliphatic rings. The summed E-state index contributed by atoms with van der Waals surface area (Å²) in [6, 6.07) is 12.7. The van der Waals surface area contributed by atoms with Crippen molar-refractivity contribution in [2.45, 2.75) is 25.0 Å². The summed E-state index contributed by atoms with van der Waals surface area (Å²) in [6.45, 7) is 2.02. The summed E-state index contributed by atoms with van der Waals surface area (Å²) in [7, 11) is 3.52. The van der Waals surface area contributed by atoms with Crippen LogP contribution in [0.2, 0.25) is 0 Å². The molecule has 4 rings (SSSR count). The van der Waals surface area contributed by atoms with E-state index >= 15 is 0 Å². The number of piperidine rings is 1. The number of fused-ring (bicyclic) bond motifs is 1. The molecule has 0 spiro atoms. The zero-order valence-corrected chi connectivity index (χ0v) is 16.0. The number of likely N-dealkylation sites (tertiary alicyclic amines) is 1. The molecule has 1 fully saturated rings. The van der Waals surface area contributed by atoms with E-state index in [-0.39, 0.29) is 6.23 Å². The fraction of sp³-hybridized carbons (Fsp3) is 0.381. The Morgan fingerprint density at radius 3 is 2.65 bits per heavy atom. The summed E-state index contributed by atoms with van der Waals surface area (Å²) in [5, 5.41) is 5.66. The zero-order valence-electron chi connectivity index (χ0n) is 15.2. The van der Waals surface area contributed by atoms with Gasteiger partial charge < -0.3 is 9.47 Å². The lowest BCUT2D eigenvalue weighted by atomic mass is 9.96. The number of nitrogens with zero attached hydrogens (tertiary/aromatic N) is 2. The highest BCUT2D eigenvalue weighted by Gasteiger charge is 2.28. The summed E-state index contributed by atoms with van der Waals surface area (Å²) in [4.78, 5) is 6.92. The molecule has 0 saturated carbocycles. The predicted molar refractivity (Wildman–Crippen MR) is 106 cm³/mol. The lowest BCUT2D eigenvalue weighted by molar-refractivity contribution is -0.0463. The van der Waals surface area contributed by atoms with Crippen molar-refractivity contribution in [2.24, 2.45) is 0 Å². The Balaban J connectivity index is 1.57. The van der Waals surface area contributed by atoms with Gasteiger partial charge in [0, 0.05) is 43.1 Å². The lowest BCUT2D eigenvalue weighted by Gasteiger charge is -2.36. The van der Waals surface area contributed by atoms with Crippen molar-refractivity contribution in [1.82, 2.24) is 9.88 Å². The van der Waals surface area contributed by atoms with Gasteiger partial charge in [-0.1, -0.05) is 24.3 Å². The van der Waals surface area contributed by atoms with Crippen molar-refractivity contribution in [2.75, 3.05) is 27.3 Å². The molecule has 0 bridgehead atoms. The Kier molecular flexibility index (Phi) is 5.20. The highest BCUT2D eigenvalue weighted by atomic mass is 32.1. The molecule has 3 aromatic rings. The summed E-state index contributed by atoms with van der Waals surface area (Å²) >= 11 is 1.77. The van der Waals surface area contributed by atoms with Crippen LogP contribution in [0.4, 0.5) is 0 Å². The molecular formula is C21H24N2O2S. The van der Waals surface area contributed by atoms with E-state index in [1.54, 1.807) is 25.6 Å². The van der Waals surface area contributed by atoms with Crippen LogP contribution in [0.15, 0.2) is 48.0 Å². The number of hydrogen-bond acceptors (Lipinski definition) is 5. The van der Waals surface area contributed by atoms with Gasteiger partial charge in [0.2, 0.25) is 0 Å². The third-order valence-corrected chi connectivity index (χ3v) is 6.17. The quantitative estimate of drug-likeness (QED) is 0.646. The molecular weight excluding hydrogens is 344 g/mol. The SMILES string of the molecule is COc1cc(C(OC)N2CCC(c3nccs3)CC2)cc2ccccc12. The number of rotatable bonds is 5. The fourth-order valence-corrected chi connectivity index (χ4v) is 4.73. The van der Waals surface area contributed by atoms with Gasteiger partial charge in [0.1, 0.15) is 12.0 Å². The molecule has 0 radical (unpaired) electrons. The first-order chi connectivity index (χ1) is 12.8. The second-order valence-corrected chi connectivity index (χ2v) is 7.64. The van der Waals surface area contributed by atoms with Gasteiger partial charge in [-0.15, -0.1) is 11.3 Å². The topological polar surface area (TPSA) is 34.6 Å². The van der Waals surface area contributed by atoms with E-state index < -0.39 is 0 Å². The molecule has 2 aromatic carbocycles. The molecule has 0 amide bonds. The van der Waals surface area contributed by atoms with Crippen LogP contribution in [0, 0.1) is 0 Å². The van der Waals surface area contributed by atoms with E-state index in [1.807, 2.05) is 12.3 Å². The molecule has 4 nitrogen and oxygen atoms in total. The second-order valence-electron chi connectivity index (χ2n) is 6.71. The average molecular weight is 369 g/mol. The van der Waals surface area contributed by atoms with Crippen LogP contribution in [-0.2, 0) is 4.74 Å². The third kappa shape index (κ3) is 3.34. The molecule has 1 aliphatic heterocycles. The fourth-order valence-electron chi connectivity index (χ4n) is 3.92. The van der Waals surface area contributed by atoms with E-state index in [0.29, 0.717) is 5.92 Å². The highest BCUT2D eigenvalue weighted by molar-refractivity contribution is 7.09. The molecule has 26 heavy (non-hydrogen) atoms. The maximum atomic E-state index is 5.91. The van der Waals surface area contributed by atoms with E-state index in [1.165, 1.54) is 10.4 Å². The van der Waals surface area contributed by atoms with Crippen molar-refractivity contribution in [1.29, 1.82) is 0 Å². The van der Waals surface area contributed by atoms with Crippen molar-refractivity contribution < 1.29 is 9.47 Å². The van der Waals surface area contributed by atoms with Crippen molar-refractivity contribution in [3.8, 4) is 5.75 Å². The van der Waals surface area contributed by atoms with Gasteiger partial charge in [-0.3, -0.25) is 4.90 Å². The van der Waals surface area contributed by atoms with Crippen molar-refractivity contribution >= 4 is 22.1 Å². The van der Waals surface area contributed by atoms with Crippen LogP contribution < -0.4 is 4.74 Å². The molecule has 0 N–H and O–H groups in total. The first kappa shape index (κ1) is 17.5. The third-order valence-electron chi connectivity index (χ3n) is 5.24. The first-order valence-corrected chi connectivity index (χ1v) is 9.91. The largest absolute Gasteiger partial charge is 0.496 e. The number of benzene rings is 2. The minimum absolute atomic E-state index is 0.0502. The van der Waals surface area contributed by atoms with Crippen LogP contribution in [0.5, 0.6) is 5.75 Å². The number of ether oxygens (including phenoxy) is 2. The maximum absolute atomic E-state index is 5.91. The minimum atomic E-state index is -0.0502. The first-order valence-electron chi connectivity index (χ1n) is 9.03. The number of thiazole rings is 1. The Hall–Kier alpha value is -1.95. The molecule has 0 aliphatic carbocycles. The van der Waals surface area contributed by atoms with Crippen molar-refractivity contribution in [3.05, 3.63) is 58.5 Å². The summed E-state index contributed by atoms with van der Waals surface area (Å²) in [5.74, 6) is 1.48. The molecule has 5 heteroatoms. The van der Waals surface area contributed by atoms with Crippen LogP contribution in [0.3, 0.4) is 0 Å². The molecule has 2 heterocycles. The van der Waals surface area contributed by atoms with E-state index in [2.05, 4.69) is 45.6 Å². The van der Waals surface area contributed by atoms with Crippen LogP contribution >= 0.6 is 11.3 Å². The molecule has 136 valence electrons. The van der Waals surface area contributed by atoms with Crippen LogP contribution in [0.25, 0.3) is 10.8 Å². The Bertz CT molecular complexity index is 858. The minimum Gasteiger partial charge on any atom is -0.496 e. The van der Waals surface area contributed by atoms with E-state index in [4.69, 9.17) is 9.47 Å². The molecule has 1 unspecified atom stereocenters. The van der Waals surface area contributed by atoms with Gasteiger partial charge in [0.05, 0.1) is 12.1 Å². The van der Waals surface area contributed by atoms with Gasteiger partial charge in [-0.05, 0) is 35.9 Å². The van der Waals surface area contributed by atoms with Crippen molar-refractivity contribution in [3.63, 3.8) is 0 Å². The second kappa shape index (κ2) is 7.74. The number of aromatic nitrogens is 1. The van der Waals surface area contributed by atoms with Gasteiger partial charge in [0.25, 0.3) is 0 Å². The van der Waals surface area contributed by atoms with Gasteiger partial charge in [0.15, 0.2) is 0 Å². The molecule has 1 aromatic heterocycles. The van der Waals surface area contributed by atoms with E-state index in [9.17, 15) is 0 Å². The Labute approximate surface area is 158 Å². The zero-order chi connectivity index (χ0) is 17.9. The van der Waals surface area contributed by atoms with Crippen LogP contribution in [-0.4, -0.2) is 37.2 Å². The Morgan fingerprint density at radius 2 is 1.96 bits per heavy atom. The number of methoxy groups -OCH3 is 2. The lowest BCUT2D eigenvalue weighted by Crippen LogP contribution is -2.37. The number of hydrogen-bond donors (Lipinski definition) is 0. The average Bonchev–Trinajstić information content (AvgIpc) is 3.23. The standard InChI is InChI=1S/C21H24N2O2S/c1-24-19-14-17(13-16-5-3-4-6-18(16)19)21(25-2)23-10-7-15(8-11-23)20-22-9-12-26-20/h3-6,9,12-15,21H,7-8,10-11H2,1-2H3. The van der Waals surface area contributed by atoms with E-state index in [0.717, 1.165) is 42.6 Å². The van der Waals surface area contributed by atoms with Gasteiger partial charge in [-0.2, -0.15) is 0 Å². The van der Waals surface area contributed by atoms with Gasteiger partial charge >= 0.3 is 0 Å². The maximum Gasteiger partial charge on any atom is 0.136 e. The monoisotopic (exact) mass is 368 g/mol. The smallest absolute Gasteiger partial charge is 0.136 e. The highest BCUT2D eigenvalue weighted by Crippen LogP contribution is 2.36. The molecule has 1 saturated heterocycles. The van der Waals surface area contributed by atoms with Crippen LogP contribution in [0.1, 0.15) is 35.6 Å². The summed E-state index contributed by atoms with van der Waals surface area (Å²) in [5.41, 5.74) is 1.15. The normalized spacial score (nSPS) is 17.5. The molecule has 1 atom stereocenters. The predicted octanol–water partition coefficient (Wildman–Crippen LogP) is 4.83.